The number of carbonyl (C=O) groups is 1. The molecule has 0 fully saturated rings. The second-order valence-corrected chi connectivity index (χ2v) is 6.26. The lowest BCUT2D eigenvalue weighted by Gasteiger charge is -2.14. The van der Waals surface area contributed by atoms with Gasteiger partial charge in [-0.15, -0.1) is 0 Å². The number of amides is 1. The van der Waals surface area contributed by atoms with Crippen molar-refractivity contribution in [2.45, 2.75) is 32.9 Å². The first kappa shape index (κ1) is 20.6. The van der Waals surface area contributed by atoms with E-state index in [1.165, 1.54) is 13.2 Å². The molecule has 0 aliphatic rings. The molecule has 0 atom stereocenters. The van der Waals surface area contributed by atoms with Gasteiger partial charge in [0, 0.05) is 12.1 Å². The molecule has 2 aromatic carbocycles. The highest BCUT2D eigenvalue weighted by Crippen LogP contribution is 2.30. The molecule has 2 rings (SSSR count). The number of methoxy groups -OCH3 is 1. The molecule has 0 saturated heterocycles. The predicted molar refractivity (Wildman–Crippen MR) is 97.4 cm³/mol. The smallest absolute Gasteiger partial charge is 0.422 e. The number of hydrogen-bond acceptors (Lipinski definition) is 3. The average Bonchev–Trinajstić information content (AvgIpc) is 2.60. The van der Waals surface area contributed by atoms with Gasteiger partial charge in [-0.1, -0.05) is 23.8 Å². The first-order chi connectivity index (χ1) is 12.7. The fraction of sp³-hybridized carbons (Fsp3) is 0.350. The summed E-state index contributed by atoms with van der Waals surface area (Å²) in [4.78, 5) is 12.2. The quantitative estimate of drug-likeness (QED) is 0.748. The highest BCUT2D eigenvalue weighted by Gasteiger charge is 2.29. The summed E-state index contributed by atoms with van der Waals surface area (Å²) >= 11 is 0. The number of anilines is 1. The van der Waals surface area contributed by atoms with E-state index in [-0.39, 0.29) is 23.8 Å². The number of hydrogen-bond donors (Lipinski definition) is 1. The van der Waals surface area contributed by atoms with E-state index in [1.807, 2.05) is 32.0 Å². The normalized spacial score (nSPS) is 11.2. The van der Waals surface area contributed by atoms with Gasteiger partial charge < -0.3 is 14.8 Å². The van der Waals surface area contributed by atoms with Gasteiger partial charge in [-0.25, -0.2) is 0 Å². The zero-order valence-electron chi connectivity index (χ0n) is 15.4. The van der Waals surface area contributed by atoms with Crippen molar-refractivity contribution < 1.29 is 27.4 Å². The van der Waals surface area contributed by atoms with Crippen LogP contribution in [0.4, 0.5) is 18.9 Å². The van der Waals surface area contributed by atoms with E-state index in [4.69, 9.17) is 9.47 Å². The Bertz CT molecular complexity index is 804. The van der Waals surface area contributed by atoms with Crippen LogP contribution in [-0.4, -0.2) is 25.8 Å². The Morgan fingerprint density at radius 2 is 1.81 bits per heavy atom. The second kappa shape index (κ2) is 8.79. The molecule has 0 radical (unpaired) electrons. The van der Waals surface area contributed by atoms with Crippen LogP contribution in [0.15, 0.2) is 36.4 Å². The Kier molecular flexibility index (Phi) is 6.71. The SMILES string of the molecule is COc1cc(CCC(=O)Nc2ccc(C)cc2C)ccc1OCC(F)(F)F. The van der Waals surface area contributed by atoms with E-state index < -0.39 is 12.8 Å². The van der Waals surface area contributed by atoms with Crippen molar-refractivity contribution in [2.24, 2.45) is 0 Å². The molecule has 0 spiro atoms. The summed E-state index contributed by atoms with van der Waals surface area (Å²) < 4.78 is 46.7. The fourth-order valence-corrected chi connectivity index (χ4v) is 2.57. The van der Waals surface area contributed by atoms with Crippen LogP contribution in [0.2, 0.25) is 0 Å². The molecule has 0 aliphatic carbocycles. The van der Waals surface area contributed by atoms with Crippen molar-refractivity contribution in [2.75, 3.05) is 19.0 Å². The minimum Gasteiger partial charge on any atom is -0.493 e. The van der Waals surface area contributed by atoms with Crippen molar-refractivity contribution in [3.05, 3.63) is 53.1 Å². The molecule has 0 unspecified atom stereocenters. The lowest BCUT2D eigenvalue weighted by atomic mass is 10.1. The summed E-state index contributed by atoms with van der Waals surface area (Å²) in [6, 6.07) is 10.4. The Hall–Kier alpha value is -2.70. The second-order valence-electron chi connectivity index (χ2n) is 6.26. The van der Waals surface area contributed by atoms with E-state index in [1.54, 1.807) is 12.1 Å². The number of alkyl halides is 3. The van der Waals surface area contributed by atoms with E-state index in [9.17, 15) is 18.0 Å². The molecule has 0 saturated carbocycles. The van der Waals surface area contributed by atoms with Crippen LogP contribution in [0.3, 0.4) is 0 Å². The van der Waals surface area contributed by atoms with Crippen LogP contribution in [0.5, 0.6) is 11.5 Å². The molecular weight excluding hydrogens is 359 g/mol. The lowest BCUT2D eigenvalue weighted by Crippen LogP contribution is -2.19. The molecule has 0 heterocycles. The first-order valence-electron chi connectivity index (χ1n) is 8.41. The maximum absolute atomic E-state index is 12.3. The molecular formula is C20H22F3NO3. The molecule has 4 nitrogen and oxygen atoms in total. The molecule has 7 heteroatoms. The highest BCUT2D eigenvalue weighted by molar-refractivity contribution is 5.91. The maximum atomic E-state index is 12.3. The molecule has 2 aromatic rings. The number of ether oxygens (including phenoxy) is 2. The summed E-state index contributed by atoms with van der Waals surface area (Å²) in [6.07, 6.45) is -3.76. The van der Waals surface area contributed by atoms with Gasteiger partial charge in [0.05, 0.1) is 7.11 Å². The van der Waals surface area contributed by atoms with Crippen molar-refractivity contribution >= 4 is 11.6 Å². The number of halogens is 3. The monoisotopic (exact) mass is 381 g/mol. The van der Waals surface area contributed by atoms with E-state index >= 15 is 0 Å². The zero-order valence-corrected chi connectivity index (χ0v) is 15.4. The summed E-state index contributed by atoms with van der Waals surface area (Å²) in [7, 11) is 1.35. The van der Waals surface area contributed by atoms with Gasteiger partial charge in [0.1, 0.15) is 0 Å². The summed E-state index contributed by atoms with van der Waals surface area (Å²) in [5.41, 5.74) is 3.63. The predicted octanol–water partition coefficient (Wildman–Crippen LogP) is 4.82. The van der Waals surface area contributed by atoms with Gasteiger partial charge in [0.15, 0.2) is 18.1 Å². The fourth-order valence-electron chi connectivity index (χ4n) is 2.57. The molecule has 1 amide bonds. The average molecular weight is 381 g/mol. The van der Waals surface area contributed by atoms with Crippen LogP contribution >= 0.6 is 0 Å². The van der Waals surface area contributed by atoms with Gasteiger partial charge in [-0.3, -0.25) is 4.79 Å². The summed E-state index contributed by atoms with van der Waals surface area (Å²) in [6.45, 7) is 2.52. The standard InChI is InChI=1S/C20H22F3NO3/c1-13-4-7-16(14(2)10-13)24-19(25)9-6-15-5-8-17(18(11-15)26-3)27-12-20(21,22)23/h4-5,7-8,10-11H,6,9,12H2,1-3H3,(H,24,25). The third-order valence-corrected chi connectivity index (χ3v) is 3.92. The van der Waals surface area contributed by atoms with Crippen molar-refractivity contribution in [3.8, 4) is 11.5 Å². The van der Waals surface area contributed by atoms with Crippen LogP contribution < -0.4 is 14.8 Å². The molecule has 0 aliphatic heterocycles. The van der Waals surface area contributed by atoms with Gasteiger partial charge >= 0.3 is 6.18 Å². The zero-order chi connectivity index (χ0) is 20.0. The number of carbonyl (C=O) groups excluding carboxylic acids is 1. The van der Waals surface area contributed by atoms with Crippen molar-refractivity contribution in [1.82, 2.24) is 0 Å². The largest absolute Gasteiger partial charge is 0.493 e. The Morgan fingerprint density at radius 3 is 2.44 bits per heavy atom. The minimum atomic E-state index is -4.42. The Morgan fingerprint density at radius 1 is 1.07 bits per heavy atom. The number of rotatable bonds is 7. The molecule has 1 N–H and O–H groups in total. The van der Waals surface area contributed by atoms with Crippen LogP contribution in [0.1, 0.15) is 23.1 Å². The number of nitrogens with one attached hydrogen (secondary N) is 1. The van der Waals surface area contributed by atoms with Crippen LogP contribution in [0, 0.1) is 13.8 Å². The third-order valence-electron chi connectivity index (χ3n) is 3.92. The molecule has 27 heavy (non-hydrogen) atoms. The number of aryl methyl sites for hydroxylation is 3. The minimum absolute atomic E-state index is 0.0123. The van der Waals surface area contributed by atoms with E-state index in [0.717, 1.165) is 22.4 Å². The topological polar surface area (TPSA) is 47.6 Å². The van der Waals surface area contributed by atoms with E-state index in [2.05, 4.69) is 5.32 Å². The molecule has 0 bridgehead atoms. The Labute approximate surface area is 156 Å². The summed E-state index contributed by atoms with van der Waals surface area (Å²) in [5, 5.41) is 2.86. The van der Waals surface area contributed by atoms with Crippen molar-refractivity contribution in [1.29, 1.82) is 0 Å². The van der Waals surface area contributed by atoms with Crippen LogP contribution in [-0.2, 0) is 11.2 Å². The molecule has 146 valence electrons. The van der Waals surface area contributed by atoms with Crippen molar-refractivity contribution in [3.63, 3.8) is 0 Å². The van der Waals surface area contributed by atoms with Gasteiger partial charge in [-0.2, -0.15) is 13.2 Å². The highest BCUT2D eigenvalue weighted by atomic mass is 19.4. The lowest BCUT2D eigenvalue weighted by molar-refractivity contribution is -0.153. The van der Waals surface area contributed by atoms with Crippen LogP contribution in [0.25, 0.3) is 0 Å². The van der Waals surface area contributed by atoms with Gasteiger partial charge in [-0.05, 0) is 49.6 Å². The van der Waals surface area contributed by atoms with Gasteiger partial charge in [0.25, 0.3) is 0 Å². The Balaban J connectivity index is 1.95. The first-order valence-corrected chi connectivity index (χ1v) is 8.41. The van der Waals surface area contributed by atoms with E-state index in [0.29, 0.717) is 6.42 Å². The maximum Gasteiger partial charge on any atom is 0.422 e. The molecule has 0 aromatic heterocycles. The van der Waals surface area contributed by atoms with Gasteiger partial charge in [0.2, 0.25) is 5.91 Å². The summed E-state index contributed by atoms with van der Waals surface area (Å²) in [5.74, 6) is 0.0724. The number of benzene rings is 2. The third kappa shape index (κ3) is 6.51.